The molecule has 1 atom stereocenters. The maximum absolute atomic E-state index is 13.1. The van der Waals surface area contributed by atoms with Crippen LogP contribution in [0.15, 0.2) is 77.6 Å². The van der Waals surface area contributed by atoms with Crippen LogP contribution in [0.5, 0.6) is 0 Å². The summed E-state index contributed by atoms with van der Waals surface area (Å²) >= 11 is 0. The molecule has 1 aliphatic rings. The zero-order valence-electron chi connectivity index (χ0n) is 18.8. The normalized spacial score (nSPS) is 13.5. The first kappa shape index (κ1) is 22.8. The Balaban J connectivity index is 1.31. The van der Waals surface area contributed by atoms with E-state index in [1.54, 1.807) is 54.6 Å². The molecular formula is C26H20N4O6. The molecule has 0 spiro atoms. The molecule has 0 unspecified atom stereocenters. The minimum Gasteiger partial charge on any atom is -0.454 e. The summed E-state index contributed by atoms with van der Waals surface area (Å²) in [5, 5.41) is 2.59. The molecule has 180 valence electrons. The lowest BCUT2D eigenvalue weighted by Gasteiger charge is -2.24. The molecule has 3 amide bonds. The highest BCUT2D eigenvalue weighted by Gasteiger charge is 2.43. The van der Waals surface area contributed by atoms with E-state index in [2.05, 4.69) is 15.3 Å². The average molecular weight is 484 g/mol. The van der Waals surface area contributed by atoms with Crippen LogP contribution < -0.4 is 11.0 Å². The van der Waals surface area contributed by atoms with Crippen LogP contribution >= 0.6 is 0 Å². The number of aromatic nitrogens is 2. The number of H-pyrrole nitrogens is 2. The largest absolute Gasteiger partial charge is 0.454 e. The Labute approximate surface area is 203 Å². The molecule has 10 heteroatoms. The predicted molar refractivity (Wildman–Crippen MR) is 129 cm³/mol. The van der Waals surface area contributed by atoms with Gasteiger partial charge in [-0.05, 0) is 35.9 Å². The van der Waals surface area contributed by atoms with Gasteiger partial charge in [0, 0.05) is 12.1 Å². The van der Waals surface area contributed by atoms with Crippen LogP contribution in [-0.4, -0.2) is 51.2 Å². The van der Waals surface area contributed by atoms with Crippen LogP contribution in [0.1, 0.15) is 26.3 Å². The Hall–Kier alpha value is -4.99. The van der Waals surface area contributed by atoms with Gasteiger partial charge in [-0.3, -0.25) is 19.3 Å². The Bertz CT molecular complexity index is 1520. The highest BCUT2D eigenvalue weighted by atomic mass is 16.5. The van der Waals surface area contributed by atoms with Gasteiger partial charge in [-0.1, -0.05) is 42.5 Å². The van der Waals surface area contributed by atoms with E-state index in [1.165, 1.54) is 12.1 Å². The maximum Gasteiger partial charge on any atom is 0.330 e. The summed E-state index contributed by atoms with van der Waals surface area (Å²) in [6.07, 6.45) is 0.0320. The number of nitrogens with zero attached hydrogens (tertiary/aromatic N) is 1. The van der Waals surface area contributed by atoms with Crippen molar-refractivity contribution in [2.45, 2.75) is 12.5 Å². The van der Waals surface area contributed by atoms with Crippen molar-refractivity contribution < 1.29 is 23.9 Å². The molecule has 0 radical (unpaired) electrons. The zero-order valence-corrected chi connectivity index (χ0v) is 18.8. The van der Waals surface area contributed by atoms with E-state index in [1.807, 2.05) is 6.07 Å². The van der Waals surface area contributed by atoms with Crippen LogP contribution in [0.2, 0.25) is 0 Å². The van der Waals surface area contributed by atoms with Crippen molar-refractivity contribution in [3.63, 3.8) is 0 Å². The molecule has 0 aliphatic carbocycles. The Morgan fingerprint density at radius 1 is 0.833 bits per heavy atom. The Morgan fingerprint density at radius 3 is 2.17 bits per heavy atom. The van der Waals surface area contributed by atoms with Crippen molar-refractivity contribution in [2.75, 3.05) is 11.9 Å². The van der Waals surface area contributed by atoms with E-state index in [9.17, 15) is 24.0 Å². The fourth-order valence-corrected chi connectivity index (χ4v) is 4.15. The second-order valence-corrected chi connectivity index (χ2v) is 8.23. The highest BCUT2D eigenvalue weighted by molar-refractivity contribution is 6.22. The van der Waals surface area contributed by atoms with Gasteiger partial charge in [0.2, 0.25) is 0 Å². The van der Waals surface area contributed by atoms with Gasteiger partial charge in [0.05, 0.1) is 22.2 Å². The summed E-state index contributed by atoms with van der Waals surface area (Å²) in [5.74, 6) is -2.69. The summed E-state index contributed by atoms with van der Waals surface area (Å²) in [6, 6.07) is 18.8. The van der Waals surface area contributed by atoms with Gasteiger partial charge < -0.3 is 20.0 Å². The highest BCUT2D eigenvalue weighted by Crippen LogP contribution is 2.26. The first-order valence-corrected chi connectivity index (χ1v) is 11.1. The van der Waals surface area contributed by atoms with Crippen molar-refractivity contribution >= 4 is 40.4 Å². The van der Waals surface area contributed by atoms with E-state index in [4.69, 9.17) is 4.74 Å². The molecule has 1 aromatic heterocycles. The minimum atomic E-state index is -1.26. The molecule has 0 saturated carbocycles. The van der Waals surface area contributed by atoms with Crippen molar-refractivity contribution in [1.82, 2.24) is 14.9 Å². The number of amides is 3. The van der Waals surface area contributed by atoms with Gasteiger partial charge in [0.1, 0.15) is 6.04 Å². The number of hydrogen-bond acceptors (Lipinski definition) is 6. The number of rotatable bonds is 7. The number of anilines is 1. The van der Waals surface area contributed by atoms with Gasteiger partial charge in [0.25, 0.3) is 17.7 Å². The third-order valence-corrected chi connectivity index (χ3v) is 5.83. The Morgan fingerprint density at radius 2 is 1.47 bits per heavy atom. The molecular weight excluding hydrogens is 464 g/mol. The molecule has 3 aromatic carbocycles. The van der Waals surface area contributed by atoms with E-state index >= 15 is 0 Å². The van der Waals surface area contributed by atoms with Crippen molar-refractivity contribution in [3.8, 4) is 0 Å². The fourth-order valence-electron chi connectivity index (χ4n) is 4.15. The first-order chi connectivity index (χ1) is 17.4. The number of hydrogen-bond donors (Lipinski definition) is 3. The molecule has 3 N–H and O–H groups in total. The van der Waals surface area contributed by atoms with Crippen LogP contribution in [-0.2, 0) is 20.7 Å². The van der Waals surface area contributed by atoms with Gasteiger partial charge in [-0.15, -0.1) is 0 Å². The summed E-state index contributed by atoms with van der Waals surface area (Å²) < 4.78 is 5.25. The molecule has 36 heavy (non-hydrogen) atoms. The van der Waals surface area contributed by atoms with E-state index < -0.39 is 36.3 Å². The van der Waals surface area contributed by atoms with E-state index in [0.717, 1.165) is 4.90 Å². The number of esters is 1. The van der Waals surface area contributed by atoms with Crippen LogP contribution in [0.4, 0.5) is 5.69 Å². The third kappa shape index (κ3) is 4.39. The number of imidazole rings is 1. The third-order valence-electron chi connectivity index (χ3n) is 5.83. The van der Waals surface area contributed by atoms with Crippen LogP contribution in [0.25, 0.3) is 11.0 Å². The lowest BCUT2D eigenvalue weighted by Crippen LogP contribution is -2.47. The number of imide groups is 1. The molecule has 0 saturated heterocycles. The van der Waals surface area contributed by atoms with Crippen LogP contribution in [0, 0.1) is 0 Å². The van der Waals surface area contributed by atoms with Crippen LogP contribution in [0.3, 0.4) is 0 Å². The van der Waals surface area contributed by atoms with Gasteiger partial charge in [-0.25, -0.2) is 9.59 Å². The lowest BCUT2D eigenvalue weighted by atomic mass is 10.0. The summed E-state index contributed by atoms with van der Waals surface area (Å²) in [6.45, 7) is -0.630. The minimum absolute atomic E-state index is 0.0320. The smallest absolute Gasteiger partial charge is 0.330 e. The summed E-state index contributed by atoms with van der Waals surface area (Å²) in [7, 11) is 0. The standard InChI is InChI=1S/C26H20N4O6/c31-22(27-16-10-11-19-20(13-16)29-26(35)28-19)14-36-25(34)21(12-15-6-2-1-3-7-15)30-23(32)17-8-4-5-9-18(17)24(30)33/h1-11,13,21H,12,14H2,(H,27,31)(H2,28,29,35)/t21-/m0/s1. The number of carbonyl (C=O) groups is 4. The summed E-state index contributed by atoms with van der Waals surface area (Å²) in [4.78, 5) is 69.1. The number of ether oxygens (including phenoxy) is 1. The molecule has 0 fully saturated rings. The number of nitrogens with one attached hydrogen (secondary N) is 3. The van der Waals surface area contributed by atoms with Gasteiger partial charge in [0.15, 0.2) is 6.61 Å². The quantitative estimate of drug-likeness (QED) is 0.271. The molecule has 0 bridgehead atoms. The van der Waals surface area contributed by atoms with E-state index in [0.29, 0.717) is 22.3 Å². The fraction of sp³-hybridized carbons (Fsp3) is 0.115. The Kier molecular flexibility index (Phi) is 5.91. The number of fused-ring (bicyclic) bond motifs is 2. The second-order valence-electron chi connectivity index (χ2n) is 8.23. The lowest BCUT2D eigenvalue weighted by molar-refractivity contribution is -0.151. The monoisotopic (exact) mass is 484 g/mol. The van der Waals surface area contributed by atoms with Crippen molar-refractivity contribution in [2.24, 2.45) is 0 Å². The molecule has 1 aliphatic heterocycles. The van der Waals surface area contributed by atoms with Gasteiger partial charge in [-0.2, -0.15) is 0 Å². The molecule has 5 rings (SSSR count). The van der Waals surface area contributed by atoms with Crippen molar-refractivity contribution in [3.05, 3.63) is 100.0 Å². The number of benzene rings is 3. The van der Waals surface area contributed by atoms with Gasteiger partial charge >= 0.3 is 11.7 Å². The molecule has 2 heterocycles. The molecule has 4 aromatic rings. The summed E-state index contributed by atoms with van der Waals surface area (Å²) in [5.41, 5.74) is 2.24. The first-order valence-electron chi connectivity index (χ1n) is 11.1. The number of carbonyl (C=O) groups excluding carboxylic acids is 4. The molecule has 10 nitrogen and oxygen atoms in total. The maximum atomic E-state index is 13.1. The topological polar surface area (TPSA) is 141 Å². The van der Waals surface area contributed by atoms with Crippen molar-refractivity contribution in [1.29, 1.82) is 0 Å². The SMILES string of the molecule is O=C(COC(=O)[C@H](Cc1ccccc1)N1C(=O)c2ccccc2C1=O)Nc1ccc2[nH]c(=O)[nH]c2c1. The average Bonchev–Trinajstić information content (AvgIpc) is 3.37. The van der Waals surface area contributed by atoms with E-state index in [-0.39, 0.29) is 23.2 Å². The second kappa shape index (κ2) is 9.34. The predicted octanol–water partition coefficient (Wildman–Crippen LogP) is 2.25. The zero-order chi connectivity index (χ0) is 25.2. The number of aromatic amines is 2.